The second-order valence-electron chi connectivity index (χ2n) is 4.59. The van der Waals surface area contributed by atoms with E-state index in [1.165, 1.54) is 11.0 Å². The van der Waals surface area contributed by atoms with Crippen LogP contribution in [0, 0.1) is 5.82 Å². The molecule has 0 spiro atoms. The minimum atomic E-state index is -0.366. The van der Waals surface area contributed by atoms with Gasteiger partial charge in [-0.05, 0) is 19.2 Å². The number of para-hydroxylation sites is 1. The summed E-state index contributed by atoms with van der Waals surface area (Å²) in [7, 11) is 5.15. The molecule has 5 nitrogen and oxygen atoms in total. The lowest BCUT2D eigenvalue weighted by Gasteiger charge is -2.18. The maximum absolute atomic E-state index is 13.3. The maximum Gasteiger partial charge on any atom is 0.409 e. The van der Waals surface area contributed by atoms with Crippen LogP contribution in [-0.2, 0) is 4.74 Å². The van der Waals surface area contributed by atoms with Crippen molar-refractivity contribution < 1.29 is 18.7 Å². The number of rotatable bonds is 7. The summed E-state index contributed by atoms with van der Waals surface area (Å²) in [4.78, 5) is 14.5. The van der Waals surface area contributed by atoms with Gasteiger partial charge in [-0.15, -0.1) is 0 Å². The van der Waals surface area contributed by atoms with Crippen molar-refractivity contribution in [1.29, 1.82) is 0 Å². The Bertz CT molecular complexity index is 427. The second-order valence-corrected chi connectivity index (χ2v) is 4.59. The fraction of sp³-hybridized carbons (Fsp3) is 0.500. The Labute approximate surface area is 118 Å². The second kappa shape index (κ2) is 8.37. The molecule has 0 atom stereocenters. The number of halogens is 1. The van der Waals surface area contributed by atoms with Gasteiger partial charge in [-0.1, -0.05) is 12.1 Å². The first-order valence-electron chi connectivity index (χ1n) is 6.40. The van der Waals surface area contributed by atoms with Gasteiger partial charge in [0.15, 0.2) is 11.6 Å². The van der Waals surface area contributed by atoms with E-state index in [4.69, 9.17) is 9.47 Å². The number of carbonyl (C=O) groups is 1. The van der Waals surface area contributed by atoms with Gasteiger partial charge in [0.2, 0.25) is 0 Å². The van der Waals surface area contributed by atoms with Crippen LogP contribution < -0.4 is 4.74 Å². The van der Waals surface area contributed by atoms with E-state index in [1.54, 1.807) is 32.3 Å². The van der Waals surface area contributed by atoms with Crippen LogP contribution in [0.15, 0.2) is 24.3 Å². The topological polar surface area (TPSA) is 42.0 Å². The Kier molecular flexibility index (Phi) is 6.79. The van der Waals surface area contributed by atoms with Crippen molar-refractivity contribution in [2.24, 2.45) is 0 Å². The van der Waals surface area contributed by atoms with Gasteiger partial charge >= 0.3 is 6.09 Å². The molecule has 1 amide bonds. The molecule has 6 heteroatoms. The molecule has 0 aliphatic heterocycles. The van der Waals surface area contributed by atoms with Crippen LogP contribution in [0.3, 0.4) is 0 Å². The van der Waals surface area contributed by atoms with Crippen LogP contribution in [0.5, 0.6) is 5.75 Å². The van der Waals surface area contributed by atoms with Crippen molar-refractivity contribution in [2.45, 2.75) is 0 Å². The van der Waals surface area contributed by atoms with Gasteiger partial charge in [-0.25, -0.2) is 9.18 Å². The molecular weight excluding hydrogens is 263 g/mol. The van der Waals surface area contributed by atoms with Gasteiger partial charge in [-0.3, -0.25) is 4.90 Å². The van der Waals surface area contributed by atoms with E-state index in [1.807, 2.05) is 11.9 Å². The molecule has 0 N–H and O–H groups in total. The Balaban J connectivity index is 2.16. The van der Waals surface area contributed by atoms with Gasteiger partial charge in [0.1, 0.15) is 13.2 Å². The monoisotopic (exact) mass is 284 g/mol. The normalized spacial score (nSPS) is 10.4. The van der Waals surface area contributed by atoms with Crippen molar-refractivity contribution in [3.8, 4) is 5.75 Å². The van der Waals surface area contributed by atoms with Gasteiger partial charge < -0.3 is 14.4 Å². The number of benzene rings is 1. The summed E-state index contributed by atoms with van der Waals surface area (Å²) >= 11 is 0. The number of likely N-dealkylation sites (N-methyl/N-ethyl adjacent to an activating group) is 1. The maximum atomic E-state index is 13.3. The molecular formula is C14H21FN2O3. The lowest BCUT2D eigenvalue weighted by atomic mass is 10.3. The highest BCUT2D eigenvalue weighted by atomic mass is 19.1. The standard InChI is InChI=1S/C14H21FN2O3/c1-16(2)14(18)20-11-9-17(3)8-10-19-13-7-5-4-6-12(13)15/h4-7H,8-11H2,1-3H3. The third-order valence-electron chi connectivity index (χ3n) is 2.63. The molecule has 0 aliphatic carbocycles. The van der Waals surface area contributed by atoms with E-state index in [9.17, 15) is 9.18 Å². The molecule has 0 aliphatic rings. The van der Waals surface area contributed by atoms with E-state index in [0.717, 1.165) is 0 Å². The molecule has 0 bridgehead atoms. The van der Waals surface area contributed by atoms with Gasteiger partial charge in [0, 0.05) is 27.2 Å². The SMILES string of the molecule is CN(CCOC(=O)N(C)C)CCOc1ccccc1F. The fourth-order valence-electron chi connectivity index (χ4n) is 1.40. The van der Waals surface area contributed by atoms with Crippen molar-refractivity contribution in [3.05, 3.63) is 30.1 Å². The zero-order valence-corrected chi connectivity index (χ0v) is 12.1. The smallest absolute Gasteiger partial charge is 0.409 e. The van der Waals surface area contributed by atoms with Crippen LogP contribution >= 0.6 is 0 Å². The predicted molar refractivity (Wildman–Crippen MR) is 74.4 cm³/mol. The van der Waals surface area contributed by atoms with Crippen LogP contribution in [0.2, 0.25) is 0 Å². The average Bonchev–Trinajstić information content (AvgIpc) is 2.40. The molecule has 0 saturated carbocycles. The van der Waals surface area contributed by atoms with Gasteiger partial charge in [-0.2, -0.15) is 0 Å². The summed E-state index contributed by atoms with van der Waals surface area (Å²) in [6.07, 6.45) is -0.360. The number of nitrogens with zero attached hydrogens (tertiary/aromatic N) is 2. The van der Waals surface area contributed by atoms with Crippen LogP contribution in [0.25, 0.3) is 0 Å². The van der Waals surface area contributed by atoms with E-state index in [0.29, 0.717) is 26.3 Å². The molecule has 0 unspecified atom stereocenters. The van der Waals surface area contributed by atoms with Crippen LogP contribution in [0.1, 0.15) is 0 Å². The highest BCUT2D eigenvalue weighted by Gasteiger charge is 2.06. The average molecular weight is 284 g/mol. The first-order chi connectivity index (χ1) is 9.50. The van der Waals surface area contributed by atoms with Crippen molar-refractivity contribution in [3.63, 3.8) is 0 Å². The number of amides is 1. The molecule has 112 valence electrons. The highest BCUT2D eigenvalue weighted by molar-refractivity contribution is 5.66. The zero-order valence-electron chi connectivity index (χ0n) is 12.1. The van der Waals surface area contributed by atoms with Gasteiger partial charge in [0.05, 0.1) is 0 Å². The Morgan fingerprint density at radius 1 is 1.15 bits per heavy atom. The summed E-state index contributed by atoms with van der Waals surface area (Å²) < 4.78 is 23.6. The third kappa shape index (κ3) is 5.88. The lowest BCUT2D eigenvalue weighted by molar-refractivity contribution is 0.105. The summed E-state index contributed by atoms with van der Waals surface area (Å²) in [6, 6.07) is 6.30. The number of carbonyl (C=O) groups excluding carboxylic acids is 1. The fourth-order valence-corrected chi connectivity index (χ4v) is 1.40. The largest absolute Gasteiger partial charge is 0.489 e. The molecule has 1 aromatic rings. The first-order valence-corrected chi connectivity index (χ1v) is 6.40. The zero-order chi connectivity index (χ0) is 15.0. The minimum absolute atomic E-state index is 0.250. The number of hydrogen-bond donors (Lipinski definition) is 0. The lowest BCUT2D eigenvalue weighted by Crippen LogP contribution is -2.30. The quantitative estimate of drug-likeness (QED) is 0.766. The number of ether oxygens (including phenoxy) is 2. The van der Waals surface area contributed by atoms with E-state index in [2.05, 4.69) is 0 Å². The Morgan fingerprint density at radius 3 is 2.45 bits per heavy atom. The highest BCUT2D eigenvalue weighted by Crippen LogP contribution is 2.14. The summed E-state index contributed by atoms with van der Waals surface area (Å²) in [5, 5.41) is 0. The third-order valence-corrected chi connectivity index (χ3v) is 2.63. The minimum Gasteiger partial charge on any atom is -0.489 e. The summed E-state index contributed by atoms with van der Waals surface area (Å²) in [6.45, 7) is 1.90. The van der Waals surface area contributed by atoms with Crippen molar-refractivity contribution >= 4 is 6.09 Å². The van der Waals surface area contributed by atoms with Gasteiger partial charge in [0.25, 0.3) is 0 Å². The molecule has 20 heavy (non-hydrogen) atoms. The van der Waals surface area contributed by atoms with Crippen LogP contribution in [-0.4, -0.2) is 63.3 Å². The van der Waals surface area contributed by atoms with E-state index in [-0.39, 0.29) is 17.7 Å². The van der Waals surface area contributed by atoms with Crippen LogP contribution in [0.4, 0.5) is 9.18 Å². The molecule has 0 aromatic heterocycles. The first kappa shape index (κ1) is 16.2. The molecule has 0 heterocycles. The summed E-state index contributed by atoms with van der Waals surface area (Å²) in [5.74, 6) is -0.116. The molecule has 1 aromatic carbocycles. The Hall–Kier alpha value is -1.82. The molecule has 0 radical (unpaired) electrons. The molecule has 0 saturated heterocycles. The Morgan fingerprint density at radius 2 is 1.80 bits per heavy atom. The summed E-state index contributed by atoms with van der Waals surface area (Å²) in [5.41, 5.74) is 0. The van der Waals surface area contributed by atoms with Crippen molar-refractivity contribution in [2.75, 3.05) is 47.4 Å². The molecule has 1 rings (SSSR count). The van der Waals surface area contributed by atoms with E-state index >= 15 is 0 Å². The van der Waals surface area contributed by atoms with E-state index < -0.39 is 0 Å². The predicted octanol–water partition coefficient (Wildman–Crippen LogP) is 1.83. The number of hydrogen-bond acceptors (Lipinski definition) is 4. The molecule has 0 fully saturated rings. The van der Waals surface area contributed by atoms with Crippen molar-refractivity contribution in [1.82, 2.24) is 9.80 Å².